The van der Waals surface area contributed by atoms with Crippen LogP contribution < -0.4 is 0 Å². The molecule has 2 aromatic carbocycles. The average Bonchev–Trinajstić information content (AvgIpc) is 2.83. The zero-order valence-corrected chi connectivity index (χ0v) is 11.7. The molecule has 0 radical (unpaired) electrons. The highest BCUT2D eigenvalue weighted by atomic mass is 16.6. The van der Waals surface area contributed by atoms with E-state index in [0.29, 0.717) is 0 Å². The molecule has 0 unspecified atom stereocenters. The lowest BCUT2D eigenvalue weighted by Crippen LogP contribution is -2.15. The first-order valence-electron chi connectivity index (χ1n) is 6.91. The monoisotopic (exact) mass is 280 g/mol. The van der Waals surface area contributed by atoms with Crippen LogP contribution in [0.2, 0.25) is 0 Å². The van der Waals surface area contributed by atoms with Gasteiger partial charge < -0.3 is 4.98 Å². The van der Waals surface area contributed by atoms with Gasteiger partial charge in [0.2, 0.25) is 6.54 Å². The number of benzene rings is 2. The molecule has 0 spiro atoms. The highest BCUT2D eigenvalue weighted by molar-refractivity contribution is 5.84. The van der Waals surface area contributed by atoms with Gasteiger partial charge in [-0.2, -0.15) is 0 Å². The number of H-pyrrole nitrogens is 1. The molecule has 1 heterocycles. The third-order valence-electron chi connectivity index (χ3n) is 3.89. The molecule has 106 valence electrons. The molecule has 0 bridgehead atoms. The molecule has 3 aromatic rings. The molecule has 0 fully saturated rings. The van der Waals surface area contributed by atoms with Gasteiger partial charge in [-0.1, -0.05) is 48.5 Å². The van der Waals surface area contributed by atoms with Gasteiger partial charge in [-0.3, -0.25) is 10.1 Å². The summed E-state index contributed by atoms with van der Waals surface area (Å²) in [6.45, 7) is 1.90. The number of nitrogens with one attached hydrogen (secondary N) is 1. The minimum Gasteiger partial charge on any atom is -0.357 e. The maximum atomic E-state index is 11.1. The summed E-state index contributed by atoms with van der Waals surface area (Å²) in [7, 11) is 0. The predicted molar refractivity (Wildman–Crippen MR) is 83.2 cm³/mol. The van der Waals surface area contributed by atoms with Crippen molar-refractivity contribution in [2.24, 2.45) is 0 Å². The van der Waals surface area contributed by atoms with Crippen LogP contribution in [0.1, 0.15) is 22.7 Å². The van der Waals surface area contributed by atoms with E-state index in [-0.39, 0.29) is 17.4 Å². The molecule has 3 rings (SSSR count). The van der Waals surface area contributed by atoms with Gasteiger partial charge in [-0.05, 0) is 24.1 Å². The molecule has 4 heteroatoms. The number of aryl methyl sites for hydroxylation is 1. The molecular formula is C17H16N2O2. The first-order valence-corrected chi connectivity index (χ1v) is 6.91. The Morgan fingerprint density at radius 2 is 1.76 bits per heavy atom. The van der Waals surface area contributed by atoms with Crippen LogP contribution in [0, 0.1) is 17.0 Å². The van der Waals surface area contributed by atoms with Crippen molar-refractivity contribution in [2.75, 3.05) is 6.54 Å². The van der Waals surface area contributed by atoms with Crippen molar-refractivity contribution >= 4 is 10.9 Å². The Balaban J connectivity index is 2.14. The van der Waals surface area contributed by atoms with Crippen LogP contribution in [0.15, 0.2) is 54.6 Å². The second-order valence-electron chi connectivity index (χ2n) is 5.19. The highest BCUT2D eigenvalue weighted by Crippen LogP contribution is 2.31. The van der Waals surface area contributed by atoms with Gasteiger partial charge in [0, 0.05) is 21.5 Å². The molecule has 4 nitrogen and oxygen atoms in total. The van der Waals surface area contributed by atoms with Gasteiger partial charge in [0.1, 0.15) is 0 Å². The quantitative estimate of drug-likeness (QED) is 0.582. The van der Waals surface area contributed by atoms with Gasteiger partial charge in [-0.25, -0.2) is 0 Å². The molecule has 1 aromatic heterocycles. The Labute approximate surface area is 122 Å². The van der Waals surface area contributed by atoms with E-state index in [0.717, 1.165) is 27.7 Å². The molecule has 0 aliphatic heterocycles. The SMILES string of the molecule is Cc1c([C@@H](C[N+](=O)[O-])c2ccccc2)[nH]c2ccccc12. The van der Waals surface area contributed by atoms with Crippen LogP contribution in [-0.2, 0) is 0 Å². The lowest BCUT2D eigenvalue weighted by molar-refractivity contribution is -0.481. The Morgan fingerprint density at radius 3 is 2.43 bits per heavy atom. The van der Waals surface area contributed by atoms with Crippen molar-refractivity contribution in [3.63, 3.8) is 0 Å². The third-order valence-corrected chi connectivity index (χ3v) is 3.89. The molecule has 0 amide bonds. The number of fused-ring (bicyclic) bond motifs is 1. The van der Waals surface area contributed by atoms with Crippen LogP contribution in [0.4, 0.5) is 0 Å². The summed E-state index contributed by atoms with van der Waals surface area (Å²) in [4.78, 5) is 14.2. The van der Waals surface area contributed by atoms with Crippen molar-refractivity contribution in [3.8, 4) is 0 Å². The maximum absolute atomic E-state index is 11.1. The lowest BCUT2D eigenvalue weighted by atomic mass is 9.93. The molecular weight excluding hydrogens is 264 g/mol. The van der Waals surface area contributed by atoms with Crippen molar-refractivity contribution < 1.29 is 4.92 Å². The smallest absolute Gasteiger partial charge is 0.216 e. The van der Waals surface area contributed by atoms with Crippen molar-refractivity contribution in [2.45, 2.75) is 12.8 Å². The van der Waals surface area contributed by atoms with E-state index >= 15 is 0 Å². The maximum Gasteiger partial charge on any atom is 0.216 e. The number of nitro groups is 1. The minimum absolute atomic E-state index is 0.113. The van der Waals surface area contributed by atoms with Crippen LogP contribution >= 0.6 is 0 Å². The van der Waals surface area contributed by atoms with Crippen LogP contribution in [0.3, 0.4) is 0 Å². The summed E-state index contributed by atoms with van der Waals surface area (Å²) >= 11 is 0. The van der Waals surface area contributed by atoms with Crippen molar-refractivity contribution in [3.05, 3.63) is 81.5 Å². The molecule has 0 saturated heterocycles. The lowest BCUT2D eigenvalue weighted by Gasteiger charge is -2.13. The van der Waals surface area contributed by atoms with E-state index in [2.05, 4.69) is 4.98 Å². The number of aromatic amines is 1. The van der Waals surface area contributed by atoms with Gasteiger partial charge in [-0.15, -0.1) is 0 Å². The van der Waals surface area contributed by atoms with Crippen molar-refractivity contribution in [1.29, 1.82) is 0 Å². The largest absolute Gasteiger partial charge is 0.357 e. The van der Waals surface area contributed by atoms with Gasteiger partial charge in [0.05, 0.1) is 5.92 Å². The summed E-state index contributed by atoms with van der Waals surface area (Å²) < 4.78 is 0. The topological polar surface area (TPSA) is 58.9 Å². The third kappa shape index (κ3) is 2.52. The Morgan fingerprint density at radius 1 is 1.10 bits per heavy atom. The summed E-state index contributed by atoms with van der Waals surface area (Å²) in [5.41, 5.74) is 4.00. The second-order valence-corrected chi connectivity index (χ2v) is 5.19. The number of nitrogens with zero attached hydrogens (tertiary/aromatic N) is 1. The molecule has 1 atom stereocenters. The van der Waals surface area contributed by atoms with E-state index in [9.17, 15) is 10.1 Å². The first-order chi connectivity index (χ1) is 10.2. The fourth-order valence-corrected chi connectivity index (χ4v) is 2.85. The van der Waals surface area contributed by atoms with Gasteiger partial charge in [0.15, 0.2) is 0 Å². The van der Waals surface area contributed by atoms with Crippen LogP contribution in [0.5, 0.6) is 0 Å². The van der Waals surface area contributed by atoms with Gasteiger partial charge in [0.25, 0.3) is 0 Å². The molecule has 21 heavy (non-hydrogen) atoms. The van der Waals surface area contributed by atoms with Crippen LogP contribution in [0.25, 0.3) is 10.9 Å². The van der Waals surface area contributed by atoms with E-state index in [1.165, 1.54) is 0 Å². The molecule has 1 N–H and O–H groups in total. The number of para-hydroxylation sites is 1. The van der Waals surface area contributed by atoms with E-state index in [1.54, 1.807) is 0 Å². The zero-order chi connectivity index (χ0) is 14.8. The van der Waals surface area contributed by atoms with E-state index < -0.39 is 0 Å². The summed E-state index contributed by atoms with van der Waals surface area (Å²) in [5.74, 6) is -0.256. The fourth-order valence-electron chi connectivity index (χ4n) is 2.85. The molecule has 0 aliphatic rings. The Kier molecular flexibility index (Phi) is 3.44. The standard InChI is InChI=1S/C17H16N2O2/c1-12-14-9-5-6-10-16(14)18-17(12)15(11-19(20)21)13-7-3-2-4-8-13/h2-10,15,18H,11H2,1H3/t15-/m0/s1. The molecule has 0 saturated carbocycles. The fraction of sp³-hybridized carbons (Fsp3) is 0.176. The second kappa shape index (κ2) is 5.40. The summed E-state index contributed by atoms with van der Waals surface area (Å²) in [6, 6.07) is 17.6. The summed E-state index contributed by atoms with van der Waals surface area (Å²) in [6.07, 6.45) is 0. The first kappa shape index (κ1) is 13.4. The minimum atomic E-state index is -0.256. The Hall–Kier alpha value is -2.62. The van der Waals surface area contributed by atoms with Crippen LogP contribution in [-0.4, -0.2) is 16.5 Å². The normalized spacial score (nSPS) is 12.4. The van der Waals surface area contributed by atoms with E-state index in [4.69, 9.17) is 0 Å². The van der Waals surface area contributed by atoms with E-state index in [1.807, 2.05) is 61.5 Å². The summed E-state index contributed by atoms with van der Waals surface area (Å²) in [5, 5.41) is 12.2. The number of rotatable bonds is 4. The van der Waals surface area contributed by atoms with Gasteiger partial charge >= 0.3 is 0 Å². The molecule has 0 aliphatic carbocycles. The zero-order valence-electron chi connectivity index (χ0n) is 11.7. The average molecular weight is 280 g/mol. The number of hydrogen-bond donors (Lipinski definition) is 1. The number of aromatic nitrogens is 1. The Bertz CT molecular complexity index is 778. The number of hydrogen-bond acceptors (Lipinski definition) is 2. The highest BCUT2D eigenvalue weighted by Gasteiger charge is 2.24. The van der Waals surface area contributed by atoms with Crippen molar-refractivity contribution in [1.82, 2.24) is 4.98 Å². The predicted octanol–water partition coefficient (Wildman–Crippen LogP) is 3.88.